The summed E-state index contributed by atoms with van der Waals surface area (Å²) in [6, 6.07) is 6.09. The van der Waals surface area contributed by atoms with E-state index in [0.717, 1.165) is 11.3 Å². The Morgan fingerprint density at radius 3 is 2.31 bits per heavy atom. The molecular formula is C11H18N2. The Balaban J connectivity index is 3.14. The lowest BCUT2D eigenvalue weighted by molar-refractivity contribution is 0.589. The topological polar surface area (TPSA) is 52.0 Å². The average Bonchev–Trinajstić information content (AvgIpc) is 2.03. The van der Waals surface area contributed by atoms with Crippen LogP contribution in [-0.2, 0) is 12.0 Å². The fraction of sp³-hybridized carbons (Fsp3) is 0.455. The number of hydrogen-bond acceptors (Lipinski definition) is 2. The highest BCUT2D eigenvalue weighted by atomic mass is 14.6. The molecule has 0 saturated carbocycles. The molecule has 4 N–H and O–H groups in total. The van der Waals surface area contributed by atoms with Crippen molar-refractivity contribution in [2.24, 2.45) is 5.73 Å². The number of hydrogen-bond donors (Lipinski definition) is 2. The van der Waals surface area contributed by atoms with Gasteiger partial charge in [0.05, 0.1) is 0 Å². The maximum absolute atomic E-state index is 5.76. The van der Waals surface area contributed by atoms with Gasteiger partial charge in [0, 0.05) is 12.2 Å². The van der Waals surface area contributed by atoms with E-state index in [1.807, 2.05) is 6.07 Å². The van der Waals surface area contributed by atoms with E-state index < -0.39 is 0 Å². The maximum Gasteiger partial charge on any atom is 0.0359 e. The molecule has 0 bridgehead atoms. The molecule has 0 spiro atoms. The van der Waals surface area contributed by atoms with Gasteiger partial charge in [0.2, 0.25) is 0 Å². The van der Waals surface area contributed by atoms with Crippen molar-refractivity contribution >= 4 is 5.69 Å². The summed E-state index contributed by atoms with van der Waals surface area (Å²) in [5.41, 5.74) is 14.6. The summed E-state index contributed by atoms with van der Waals surface area (Å²) >= 11 is 0. The molecule has 2 nitrogen and oxygen atoms in total. The molecule has 0 amide bonds. The van der Waals surface area contributed by atoms with Crippen molar-refractivity contribution in [1.29, 1.82) is 0 Å². The number of benzene rings is 1. The number of rotatable bonds is 1. The molecule has 1 aromatic rings. The Labute approximate surface area is 79.9 Å². The van der Waals surface area contributed by atoms with Crippen LogP contribution in [0.5, 0.6) is 0 Å². The van der Waals surface area contributed by atoms with Crippen LogP contribution in [0.2, 0.25) is 0 Å². The van der Waals surface area contributed by atoms with E-state index in [0.29, 0.717) is 6.54 Å². The van der Waals surface area contributed by atoms with Crippen molar-refractivity contribution in [2.75, 3.05) is 5.73 Å². The molecule has 2 heteroatoms. The van der Waals surface area contributed by atoms with Crippen LogP contribution in [0.15, 0.2) is 18.2 Å². The molecule has 1 aromatic carbocycles. The molecule has 0 aromatic heterocycles. The van der Waals surface area contributed by atoms with Crippen LogP contribution < -0.4 is 11.5 Å². The lowest BCUT2D eigenvalue weighted by Gasteiger charge is -2.20. The van der Waals surface area contributed by atoms with Crippen molar-refractivity contribution in [1.82, 2.24) is 0 Å². The van der Waals surface area contributed by atoms with Gasteiger partial charge < -0.3 is 11.5 Å². The largest absolute Gasteiger partial charge is 0.398 e. The number of nitrogens with two attached hydrogens (primary N) is 2. The lowest BCUT2D eigenvalue weighted by Crippen LogP contribution is -2.12. The van der Waals surface area contributed by atoms with Crippen LogP contribution in [0.1, 0.15) is 31.9 Å². The molecule has 0 heterocycles. The third kappa shape index (κ3) is 2.22. The molecule has 13 heavy (non-hydrogen) atoms. The lowest BCUT2D eigenvalue weighted by atomic mass is 9.86. The van der Waals surface area contributed by atoms with Gasteiger partial charge in [-0.1, -0.05) is 32.9 Å². The highest BCUT2D eigenvalue weighted by Crippen LogP contribution is 2.25. The first-order valence-corrected chi connectivity index (χ1v) is 4.54. The Morgan fingerprint density at radius 2 is 1.85 bits per heavy atom. The highest BCUT2D eigenvalue weighted by molar-refractivity contribution is 5.49. The third-order valence-corrected chi connectivity index (χ3v) is 2.23. The predicted molar refractivity (Wildman–Crippen MR) is 57.4 cm³/mol. The van der Waals surface area contributed by atoms with E-state index in [9.17, 15) is 0 Å². The van der Waals surface area contributed by atoms with Crippen molar-refractivity contribution in [3.8, 4) is 0 Å². The number of nitrogen functional groups attached to an aromatic ring is 1. The Bertz CT molecular complexity index is 297. The van der Waals surface area contributed by atoms with Gasteiger partial charge in [-0.25, -0.2) is 0 Å². The summed E-state index contributed by atoms with van der Waals surface area (Å²) in [5.74, 6) is 0. The first kappa shape index (κ1) is 10.1. The minimum atomic E-state index is 0.164. The van der Waals surface area contributed by atoms with Gasteiger partial charge in [-0.05, 0) is 22.6 Å². The normalized spacial score (nSPS) is 11.7. The SMILES string of the molecule is CC(C)(C)c1ccc(N)c(CN)c1. The zero-order chi connectivity index (χ0) is 10.1. The molecule has 0 radical (unpaired) electrons. The van der Waals surface area contributed by atoms with Crippen LogP contribution in [0.3, 0.4) is 0 Å². The first-order chi connectivity index (χ1) is 5.95. The summed E-state index contributed by atoms with van der Waals surface area (Å²) < 4.78 is 0. The van der Waals surface area contributed by atoms with Crippen LogP contribution >= 0.6 is 0 Å². The molecule has 0 saturated heterocycles. The zero-order valence-corrected chi connectivity index (χ0v) is 8.59. The van der Waals surface area contributed by atoms with Crippen LogP contribution in [0.4, 0.5) is 5.69 Å². The van der Waals surface area contributed by atoms with E-state index in [4.69, 9.17) is 11.5 Å². The van der Waals surface area contributed by atoms with Crippen molar-refractivity contribution in [2.45, 2.75) is 32.7 Å². The highest BCUT2D eigenvalue weighted by Gasteiger charge is 2.14. The maximum atomic E-state index is 5.76. The van der Waals surface area contributed by atoms with E-state index in [2.05, 4.69) is 32.9 Å². The van der Waals surface area contributed by atoms with E-state index in [-0.39, 0.29) is 5.41 Å². The minimum absolute atomic E-state index is 0.164. The second-order valence-corrected chi connectivity index (χ2v) is 4.37. The van der Waals surface area contributed by atoms with Gasteiger partial charge in [0.15, 0.2) is 0 Å². The fourth-order valence-electron chi connectivity index (χ4n) is 1.25. The van der Waals surface area contributed by atoms with Gasteiger partial charge >= 0.3 is 0 Å². The van der Waals surface area contributed by atoms with Crippen molar-refractivity contribution in [3.05, 3.63) is 29.3 Å². The first-order valence-electron chi connectivity index (χ1n) is 4.54. The molecule has 0 aliphatic heterocycles. The van der Waals surface area contributed by atoms with Gasteiger partial charge in [0.1, 0.15) is 0 Å². The summed E-state index contributed by atoms with van der Waals surface area (Å²) in [6.45, 7) is 7.05. The fourth-order valence-corrected chi connectivity index (χ4v) is 1.25. The summed E-state index contributed by atoms with van der Waals surface area (Å²) in [5, 5.41) is 0. The zero-order valence-electron chi connectivity index (χ0n) is 8.59. The Morgan fingerprint density at radius 1 is 1.23 bits per heavy atom. The van der Waals surface area contributed by atoms with Gasteiger partial charge in [-0.2, -0.15) is 0 Å². The number of anilines is 1. The molecule has 1 rings (SSSR count). The molecule has 0 aliphatic carbocycles. The average molecular weight is 178 g/mol. The Hall–Kier alpha value is -1.02. The van der Waals surface area contributed by atoms with Gasteiger partial charge in [-0.15, -0.1) is 0 Å². The van der Waals surface area contributed by atoms with Crippen LogP contribution in [0, 0.1) is 0 Å². The van der Waals surface area contributed by atoms with Crippen molar-refractivity contribution in [3.63, 3.8) is 0 Å². The quantitative estimate of drug-likeness (QED) is 0.646. The standard InChI is InChI=1S/C11H18N2/c1-11(2,3)9-4-5-10(13)8(6-9)7-12/h4-6H,7,12-13H2,1-3H3. The van der Waals surface area contributed by atoms with Crippen LogP contribution in [0.25, 0.3) is 0 Å². The summed E-state index contributed by atoms with van der Waals surface area (Å²) in [6.07, 6.45) is 0. The molecule has 0 atom stereocenters. The molecule has 72 valence electrons. The van der Waals surface area contributed by atoms with Gasteiger partial charge in [0.25, 0.3) is 0 Å². The third-order valence-electron chi connectivity index (χ3n) is 2.23. The van der Waals surface area contributed by atoms with Crippen LogP contribution in [-0.4, -0.2) is 0 Å². The predicted octanol–water partition coefficient (Wildman–Crippen LogP) is 2.03. The van der Waals surface area contributed by atoms with E-state index in [1.165, 1.54) is 5.56 Å². The van der Waals surface area contributed by atoms with Crippen molar-refractivity contribution < 1.29 is 0 Å². The van der Waals surface area contributed by atoms with E-state index in [1.54, 1.807) is 0 Å². The molecule has 0 unspecified atom stereocenters. The molecule has 0 fully saturated rings. The Kier molecular flexibility index (Phi) is 2.62. The minimum Gasteiger partial charge on any atom is -0.398 e. The van der Waals surface area contributed by atoms with Gasteiger partial charge in [-0.3, -0.25) is 0 Å². The molecule has 0 aliphatic rings. The summed E-state index contributed by atoms with van der Waals surface area (Å²) in [4.78, 5) is 0. The second-order valence-electron chi connectivity index (χ2n) is 4.37. The smallest absolute Gasteiger partial charge is 0.0359 e. The summed E-state index contributed by atoms with van der Waals surface area (Å²) in [7, 11) is 0. The monoisotopic (exact) mass is 178 g/mol. The second kappa shape index (κ2) is 3.38. The van der Waals surface area contributed by atoms with E-state index >= 15 is 0 Å². The molecular weight excluding hydrogens is 160 g/mol.